The Labute approximate surface area is 129 Å². The van der Waals surface area contributed by atoms with Crippen molar-refractivity contribution in [3.63, 3.8) is 0 Å². The maximum absolute atomic E-state index is 9.17. The lowest BCUT2D eigenvalue weighted by molar-refractivity contribution is -0.0515. The van der Waals surface area contributed by atoms with Crippen molar-refractivity contribution in [1.29, 1.82) is 5.26 Å². The summed E-state index contributed by atoms with van der Waals surface area (Å²) in [5.74, 6) is 0. The molecule has 118 valence electrons. The molecule has 2 unspecified atom stereocenters. The second kappa shape index (κ2) is 6.64. The van der Waals surface area contributed by atoms with E-state index in [1.807, 2.05) is 0 Å². The van der Waals surface area contributed by atoms with Gasteiger partial charge < -0.3 is 4.74 Å². The quantitative estimate of drug-likeness (QED) is 0.797. The molecule has 0 aromatic carbocycles. The van der Waals surface area contributed by atoms with Crippen LogP contribution in [-0.2, 0) is 4.74 Å². The summed E-state index contributed by atoms with van der Waals surface area (Å²) in [6, 6.07) is 2.53. The van der Waals surface area contributed by atoms with Crippen molar-refractivity contribution in [3.05, 3.63) is 0 Å². The first-order valence-corrected chi connectivity index (χ1v) is 8.78. The van der Waals surface area contributed by atoms with E-state index in [9.17, 15) is 0 Å². The molecule has 2 atom stereocenters. The summed E-state index contributed by atoms with van der Waals surface area (Å²) in [5.41, 5.74) is 0.264. The summed E-state index contributed by atoms with van der Waals surface area (Å²) in [4.78, 5) is 4.88. The third kappa shape index (κ3) is 3.41. The van der Waals surface area contributed by atoms with Crippen LogP contribution in [0.5, 0.6) is 0 Å². The molecule has 0 aromatic heterocycles. The summed E-state index contributed by atoms with van der Waals surface area (Å²) in [5, 5.41) is 9.17. The Morgan fingerprint density at radius 3 is 2.52 bits per heavy atom. The van der Waals surface area contributed by atoms with Gasteiger partial charge in [-0.05, 0) is 32.1 Å². The molecule has 1 aliphatic carbocycles. The van der Waals surface area contributed by atoms with Gasteiger partial charge in [0.15, 0.2) is 0 Å². The minimum atomic E-state index is 0.108. The molecule has 21 heavy (non-hydrogen) atoms. The topological polar surface area (TPSA) is 39.5 Å². The lowest BCUT2D eigenvalue weighted by Crippen LogP contribution is -2.51. The van der Waals surface area contributed by atoms with Crippen LogP contribution in [0.1, 0.15) is 51.9 Å². The zero-order valence-electron chi connectivity index (χ0n) is 13.4. The molecule has 1 spiro atoms. The second-order valence-corrected chi connectivity index (χ2v) is 7.06. The molecule has 2 aliphatic heterocycles. The van der Waals surface area contributed by atoms with Gasteiger partial charge in [0, 0.05) is 32.7 Å². The number of rotatable bonds is 4. The Hall–Kier alpha value is -0.630. The van der Waals surface area contributed by atoms with Crippen LogP contribution in [0.4, 0.5) is 0 Å². The molecule has 3 rings (SSSR count). The van der Waals surface area contributed by atoms with Crippen molar-refractivity contribution in [2.24, 2.45) is 0 Å². The van der Waals surface area contributed by atoms with Gasteiger partial charge >= 0.3 is 0 Å². The standard InChI is InChI=1S/C17H29N3O/c1-2-15(13-18)20-11-9-19(10-12-20)14-16-5-8-17(21-16)6-3-4-7-17/h15-16H,2-12,14H2,1H3. The van der Waals surface area contributed by atoms with Crippen LogP contribution >= 0.6 is 0 Å². The average molecular weight is 291 g/mol. The average Bonchev–Trinajstić information content (AvgIpc) is 3.13. The highest BCUT2D eigenvalue weighted by Crippen LogP contribution is 2.43. The molecule has 4 heteroatoms. The van der Waals surface area contributed by atoms with Gasteiger partial charge in [0.25, 0.3) is 0 Å². The maximum Gasteiger partial charge on any atom is 0.0976 e. The van der Waals surface area contributed by atoms with Crippen LogP contribution in [0, 0.1) is 11.3 Å². The monoisotopic (exact) mass is 291 g/mol. The van der Waals surface area contributed by atoms with Gasteiger partial charge in [-0.2, -0.15) is 5.26 Å². The van der Waals surface area contributed by atoms with Crippen molar-refractivity contribution in [3.8, 4) is 6.07 Å². The van der Waals surface area contributed by atoms with Gasteiger partial charge in [-0.1, -0.05) is 19.8 Å². The summed E-state index contributed by atoms with van der Waals surface area (Å²) < 4.78 is 6.42. The van der Waals surface area contributed by atoms with E-state index in [0.29, 0.717) is 6.10 Å². The summed E-state index contributed by atoms with van der Waals surface area (Å²) >= 11 is 0. The van der Waals surface area contributed by atoms with Crippen molar-refractivity contribution in [2.75, 3.05) is 32.7 Å². The lowest BCUT2D eigenvalue weighted by Gasteiger charge is -2.37. The number of nitrogens with zero attached hydrogens (tertiary/aromatic N) is 3. The number of hydrogen-bond acceptors (Lipinski definition) is 4. The van der Waals surface area contributed by atoms with Gasteiger partial charge in [0.1, 0.15) is 0 Å². The zero-order chi connectivity index (χ0) is 14.7. The summed E-state index contributed by atoms with van der Waals surface area (Å²) in [6.07, 6.45) is 9.21. The molecule has 1 saturated carbocycles. The molecule has 3 aliphatic rings. The van der Waals surface area contributed by atoms with E-state index < -0.39 is 0 Å². The summed E-state index contributed by atoms with van der Waals surface area (Å²) in [7, 11) is 0. The van der Waals surface area contributed by atoms with E-state index in [0.717, 1.165) is 39.1 Å². The second-order valence-electron chi connectivity index (χ2n) is 7.06. The third-order valence-electron chi connectivity index (χ3n) is 5.70. The molecule has 0 aromatic rings. The van der Waals surface area contributed by atoms with Crippen LogP contribution < -0.4 is 0 Å². The lowest BCUT2D eigenvalue weighted by atomic mass is 9.98. The fraction of sp³-hybridized carbons (Fsp3) is 0.941. The fourth-order valence-corrected chi connectivity index (χ4v) is 4.39. The van der Waals surface area contributed by atoms with Gasteiger partial charge in [-0.25, -0.2) is 0 Å². The van der Waals surface area contributed by atoms with Crippen LogP contribution in [0.3, 0.4) is 0 Å². The van der Waals surface area contributed by atoms with Crippen molar-refractivity contribution in [1.82, 2.24) is 9.80 Å². The number of nitriles is 1. The van der Waals surface area contributed by atoms with Gasteiger partial charge in [-0.3, -0.25) is 9.80 Å². The highest BCUT2D eigenvalue weighted by Gasteiger charge is 2.42. The fourth-order valence-electron chi connectivity index (χ4n) is 4.39. The first-order valence-electron chi connectivity index (χ1n) is 8.78. The predicted molar refractivity (Wildman–Crippen MR) is 83.0 cm³/mol. The Morgan fingerprint density at radius 1 is 1.19 bits per heavy atom. The van der Waals surface area contributed by atoms with E-state index in [2.05, 4.69) is 22.8 Å². The Morgan fingerprint density at radius 2 is 1.90 bits per heavy atom. The third-order valence-corrected chi connectivity index (χ3v) is 5.70. The molecule has 0 amide bonds. The Bertz CT molecular complexity index is 378. The van der Waals surface area contributed by atoms with Crippen molar-refractivity contribution in [2.45, 2.75) is 69.6 Å². The zero-order valence-corrected chi connectivity index (χ0v) is 13.4. The molecular formula is C17H29N3O. The number of piperazine rings is 1. The minimum Gasteiger partial charge on any atom is -0.370 e. The van der Waals surface area contributed by atoms with Gasteiger partial charge in [-0.15, -0.1) is 0 Å². The maximum atomic E-state index is 9.17. The number of ether oxygens (including phenoxy) is 1. The van der Waals surface area contributed by atoms with Gasteiger partial charge in [0.05, 0.1) is 23.8 Å². The highest BCUT2D eigenvalue weighted by molar-refractivity contribution is 4.95. The molecule has 0 radical (unpaired) electrons. The van der Waals surface area contributed by atoms with E-state index in [4.69, 9.17) is 10.00 Å². The Balaban J connectivity index is 1.43. The number of hydrogen-bond donors (Lipinski definition) is 0. The highest BCUT2D eigenvalue weighted by atomic mass is 16.5. The first kappa shape index (κ1) is 15.3. The molecular weight excluding hydrogens is 262 g/mol. The SMILES string of the molecule is CCC(C#N)N1CCN(CC2CCC3(CCCC3)O2)CC1. The Kier molecular flexibility index (Phi) is 4.83. The minimum absolute atomic E-state index is 0.108. The molecule has 2 saturated heterocycles. The molecule has 0 N–H and O–H groups in total. The van der Waals surface area contributed by atoms with Gasteiger partial charge in [0.2, 0.25) is 0 Å². The largest absolute Gasteiger partial charge is 0.370 e. The first-order chi connectivity index (χ1) is 10.2. The summed E-state index contributed by atoms with van der Waals surface area (Å²) in [6.45, 7) is 7.44. The van der Waals surface area contributed by atoms with E-state index in [-0.39, 0.29) is 11.6 Å². The van der Waals surface area contributed by atoms with E-state index in [1.165, 1.54) is 38.5 Å². The smallest absolute Gasteiger partial charge is 0.0976 e. The van der Waals surface area contributed by atoms with Crippen LogP contribution in [0.15, 0.2) is 0 Å². The van der Waals surface area contributed by atoms with Crippen molar-refractivity contribution < 1.29 is 4.74 Å². The molecule has 2 heterocycles. The molecule has 4 nitrogen and oxygen atoms in total. The van der Waals surface area contributed by atoms with Crippen molar-refractivity contribution >= 4 is 0 Å². The normalized spacial score (nSPS) is 31.5. The van der Waals surface area contributed by atoms with Crippen LogP contribution in [-0.4, -0.2) is 60.3 Å². The molecule has 3 fully saturated rings. The van der Waals surface area contributed by atoms with E-state index in [1.54, 1.807) is 0 Å². The predicted octanol–water partition coefficient (Wildman–Crippen LogP) is 2.40. The van der Waals surface area contributed by atoms with Crippen LogP contribution in [0.25, 0.3) is 0 Å². The molecule has 0 bridgehead atoms. The van der Waals surface area contributed by atoms with Crippen LogP contribution in [0.2, 0.25) is 0 Å². The van der Waals surface area contributed by atoms with E-state index >= 15 is 0 Å².